The van der Waals surface area contributed by atoms with E-state index in [1.165, 1.54) is 0 Å². The van der Waals surface area contributed by atoms with Crippen LogP contribution < -0.4 is 5.32 Å². The van der Waals surface area contributed by atoms with Crippen molar-refractivity contribution in [3.8, 4) is 0 Å². The smallest absolute Gasteiger partial charge is 0.415 e. The molecule has 2 bridgehead atoms. The third-order valence-electron chi connectivity index (χ3n) is 3.94. The first-order valence-corrected chi connectivity index (χ1v) is 7.22. The number of nitrogens with zero attached hydrogens (tertiary/aromatic N) is 1. The molecule has 3 unspecified atom stereocenters. The van der Waals surface area contributed by atoms with Gasteiger partial charge >= 0.3 is 17.7 Å². The zero-order valence-electron chi connectivity index (χ0n) is 12.2. The lowest BCUT2D eigenvalue weighted by atomic mass is 9.84. The fourth-order valence-electron chi connectivity index (χ4n) is 2.76. The lowest BCUT2D eigenvalue weighted by molar-refractivity contribution is -0.169. The topological polar surface area (TPSA) is 86.1 Å². The Morgan fingerprint density at radius 2 is 2.32 bits per heavy atom. The van der Waals surface area contributed by atoms with Crippen LogP contribution in [0.25, 0.3) is 4.85 Å². The van der Waals surface area contributed by atoms with Gasteiger partial charge in [-0.3, -0.25) is 19.2 Å². The molecule has 1 saturated carbocycles. The number of carbonyl (C=O) groups is 3. The number of fused-ring (bicyclic) bond motifs is 2. The van der Waals surface area contributed by atoms with Crippen molar-refractivity contribution in [2.45, 2.75) is 43.9 Å². The maximum atomic E-state index is 11.8. The highest BCUT2D eigenvalue weighted by Crippen LogP contribution is 2.45. The van der Waals surface area contributed by atoms with Crippen molar-refractivity contribution in [2.24, 2.45) is 5.92 Å². The minimum atomic E-state index is -1.34. The molecule has 1 amide bonds. The maximum Gasteiger partial charge on any atom is 0.415 e. The van der Waals surface area contributed by atoms with Crippen LogP contribution >= 0.6 is 0 Å². The summed E-state index contributed by atoms with van der Waals surface area (Å²) in [5, 5.41) is 2.56. The van der Waals surface area contributed by atoms with E-state index in [0.717, 1.165) is 6.08 Å². The van der Waals surface area contributed by atoms with Crippen LogP contribution in [0.15, 0.2) is 12.7 Å². The van der Waals surface area contributed by atoms with Gasteiger partial charge < -0.3 is 14.8 Å². The number of amides is 1. The van der Waals surface area contributed by atoms with Crippen molar-refractivity contribution >= 4 is 17.8 Å². The van der Waals surface area contributed by atoms with Gasteiger partial charge in [0, 0.05) is 13.0 Å². The predicted octanol–water partition coefficient (Wildman–Crippen LogP) is 0.953. The van der Waals surface area contributed by atoms with E-state index < -0.39 is 17.8 Å². The molecule has 1 aliphatic heterocycles. The number of carbonyl (C=O) groups excluding carboxylic acids is 3. The van der Waals surface area contributed by atoms with E-state index in [0.29, 0.717) is 32.2 Å². The summed E-state index contributed by atoms with van der Waals surface area (Å²) in [6.45, 7) is 10.9. The normalized spacial score (nSPS) is 29.1. The summed E-state index contributed by atoms with van der Waals surface area (Å²) >= 11 is 0. The maximum absolute atomic E-state index is 11.8. The van der Waals surface area contributed by atoms with Crippen LogP contribution in [0, 0.1) is 12.5 Å². The minimum absolute atomic E-state index is 0.124. The molecule has 1 saturated heterocycles. The van der Waals surface area contributed by atoms with Crippen molar-refractivity contribution in [1.82, 2.24) is 5.32 Å². The van der Waals surface area contributed by atoms with Crippen LogP contribution in [0.4, 0.5) is 0 Å². The lowest BCUT2D eigenvalue weighted by Gasteiger charge is -2.27. The first-order valence-electron chi connectivity index (χ1n) is 7.22. The highest BCUT2D eigenvalue weighted by atomic mass is 16.6. The third kappa shape index (κ3) is 3.27. The summed E-state index contributed by atoms with van der Waals surface area (Å²) in [6, 6.07) is 0. The lowest BCUT2D eigenvalue weighted by Crippen LogP contribution is -2.44. The van der Waals surface area contributed by atoms with E-state index in [4.69, 9.17) is 16.0 Å². The van der Waals surface area contributed by atoms with Gasteiger partial charge in [0.25, 0.3) is 0 Å². The van der Waals surface area contributed by atoms with Gasteiger partial charge in [0.2, 0.25) is 12.0 Å². The van der Waals surface area contributed by atoms with Crippen LogP contribution in [0.1, 0.15) is 32.1 Å². The number of esters is 2. The fourth-order valence-corrected chi connectivity index (χ4v) is 2.76. The van der Waals surface area contributed by atoms with E-state index in [2.05, 4.69) is 16.7 Å². The number of ether oxygens (including phenoxy) is 2. The third-order valence-corrected chi connectivity index (χ3v) is 3.94. The second kappa shape index (κ2) is 6.60. The molecule has 7 heteroatoms. The summed E-state index contributed by atoms with van der Waals surface area (Å²) in [4.78, 5) is 37.8. The molecule has 7 nitrogen and oxygen atoms in total. The molecule has 0 spiro atoms. The average Bonchev–Trinajstić information content (AvgIpc) is 2.79. The first-order chi connectivity index (χ1) is 10.5. The van der Waals surface area contributed by atoms with Gasteiger partial charge in [-0.2, -0.15) is 0 Å². The molecule has 1 aliphatic carbocycles. The van der Waals surface area contributed by atoms with Crippen molar-refractivity contribution in [3.63, 3.8) is 0 Å². The Hall–Kier alpha value is -2.36. The van der Waals surface area contributed by atoms with Gasteiger partial charge in [-0.25, -0.2) is 6.57 Å². The Balaban J connectivity index is 1.81. The van der Waals surface area contributed by atoms with Crippen molar-refractivity contribution in [2.75, 3.05) is 6.54 Å². The number of rotatable bonds is 6. The van der Waals surface area contributed by atoms with E-state index in [-0.39, 0.29) is 24.2 Å². The van der Waals surface area contributed by atoms with E-state index in [1.807, 2.05) is 0 Å². The average molecular weight is 306 g/mol. The number of nitrogens with one attached hydrogen (secondary N) is 1. The SMILES string of the molecule is [C-]#[N+]C12CC(CCC1OC(=O)CCCNC(=O)C=C)C(=O)O2. The van der Waals surface area contributed by atoms with Gasteiger partial charge in [0.05, 0.1) is 12.3 Å². The standard InChI is InChI=1S/C15H18N2O5/c1-3-12(18)17-8-4-5-13(19)21-11-7-6-10-9-15(11,16-2)22-14(10)20/h3,10-11H,1,4-9H2,(H,17,18). The Morgan fingerprint density at radius 3 is 3.00 bits per heavy atom. The summed E-state index contributed by atoms with van der Waals surface area (Å²) < 4.78 is 10.5. The van der Waals surface area contributed by atoms with Gasteiger partial charge in [-0.15, -0.1) is 0 Å². The molecule has 0 aromatic carbocycles. The molecule has 0 aromatic heterocycles. The van der Waals surface area contributed by atoms with Gasteiger partial charge in [-0.1, -0.05) is 6.58 Å². The zero-order chi connectivity index (χ0) is 16.2. The van der Waals surface area contributed by atoms with E-state index >= 15 is 0 Å². The van der Waals surface area contributed by atoms with E-state index in [1.54, 1.807) is 0 Å². The summed E-state index contributed by atoms with van der Waals surface area (Å²) in [6.07, 6.45) is 2.33. The van der Waals surface area contributed by atoms with Gasteiger partial charge in [0.15, 0.2) is 0 Å². The molecule has 22 heavy (non-hydrogen) atoms. The molecule has 2 rings (SSSR count). The van der Waals surface area contributed by atoms with Crippen molar-refractivity contribution < 1.29 is 23.9 Å². The molecule has 3 atom stereocenters. The molecule has 0 aromatic rings. The molecular weight excluding hydrogens is 288 g/mol. The molecule has 118 valence electrons. The second-order valence-corrected chi connectivity index (χ2v) is 5.43. The highest BCUT2D eigenvalue weighted by molar-refractivity contribution is 5.86. The molecular formula is C15H18N2O5. The molecule has 2 fully saturated rings. The Labute approximate surface area is 128 Å². The minimum Gasteiger partial charge on any atom is -0.449 e. The summed E-state index contributed by atoms with van der Waals surface area (Å²) in [7, 11) is 0. The van der Waals surface area contributed by atoms with Gasteiger partial charge in [0.1, 0.15) is 0 Å². The van der Waals surface area contributed by atoms with Crippen LogP contribution in [0.5, 0.6) is 0 Å². The Morgan fingerprint density at radius 1 is 1.55 bits per heavy atom. The Bertz CT molecular complexity index is 539. The number of hydrogen-bond donors (Lipinski definition) is 1. The molecule has 2 aliphatic rings. The van der Waals surface area contributed by atoms with Crippen molar-refractivity contribution in [1.29, 1.82) is 0 Å². The number of hydrogen-bond acceptors (Lipinski definition) is 5. The monoisotopic (exact) mass is 306 g/mol. The largest absolute Gasteiger partial charge is 0.449 e. The van der Waals surface area contributed by atoms with Gasteiger partial charge in [-0.05, 0) is 25.3 Å². The van der Waals surface area contributed by atoms with Crippen molar-refractivity contribution in [3.05, 3.63) is 24.1 Å². The van der Waals surface area contributed by atoms with E-state index in [9.17, 15) is 14.4 Å². The quantitative estimate of drug-likeness (QED) is 0.342. The van der Waals surface area contributed by atoms with Crippen LogP contribution in [0.2, 0.25) is 0 Å². The summed E-state index contributed by atoms with van der Waals surface area (Å²) in [5.41, 5.74) is -1.34. The van der Waals surface area contributed by atoms with Crippen LogP contribution in [-0.2, 0) is 23.9 Å². The Kier molecular flexibility index (Phi) is 4.81. The first kappa shape index (κ1) is 16.0. The highest BCUT2D eigenvalue weighted by Gasteiger charge is 2.63. The summed E-state index contributed by atoms with van der Waals surface area (Å²) in [5.74, 6) is -1.38. The fraction of sp³-hybridized carbons (Fsp3) is 0.600. The van der Waals surface area contributed by atoms with Crippen LogP contribution in [0.3, 0.4) is 0 Å². The second-order valence-electron chi connectivity index (χ2n) is 5.43. The molecule has 0 radical (unpaired) electrons. The predicted molar refractivity (Wildman–Crippen MR) is 75.1 cm³/mol. The molecule has 1 heterocycles. The molecule has 1 N–H and O–H groups in total. The van der Waals surface area contributed by atoms with Crippen LogP contribution in [-0.4, -0.2) is 36.2 Å². The zero-order valence-corrected chi connectivity index (χ0v) is 12.2.